The van der Waals surface area contributed by atoms with Gasteiger partial charge >= 0.3 is 6.09 Å². The molecule has 5 atom stereocenters. The van der Waals surface area contributed by atoms with Gasteiger partial charge in [-0.05, 0) is 70.6 Å². The van der Waals surface area contributed by atoms with E-state index in [0.29, 0.717) is 13.0 Å². The lowest BCUT2D eigenvalue weighted by molar-refractivity contribution is -0.144. The van der Waals surface area contributed by atoms with Gasteiger partial charge in [0.25, 0.3) is 5.91 Å². The number of rotatable bonds is 12. The van der Waals surface area contributed by atoms with Gasteiger partial charge in [-0.15, -0.1) is 13.2 Å². The van der Waals surface area contributed by atoms with Gasteiger partial charge in [0.15, 0.2) is 0 Å². The molecule has 3 rings (SSSR count). The zero-order valence-electron chi connectivity index (χ0n) is 23.5. The molecule has 0 aromatic rings. The third-order valence-corrected chi connectivity index (χ3v) is 7.68. The Morgan fingerprint density at radius 2 is 1.72 bits per heavy atom. The normalized spacial score (nSPS) is 24.0. The van der Waals surface area contributed by atoms with Gasteiger partial charge in [-0.2, -0.15) is 0 Å². The van der Waals surface area contributed by atoms with Crippen LogP contribution in [0.1, 0.15) is 72.1 Å². The smallest absolute Gasteiger partial charge is 0.408 e. The Morgan fingerprint density at radius 1 is 1.03 bits per heavy atom. The maximum Gasteiger partial charge on any atom is 0.408 e. The predicted octanol–water partition coefficient (Wildman–Crippen LogP) is 2.63. The average molecular weight is 545 g/mol. The van der Waals surface area contributed by atoms with Crippen LogP contribution in [0.5, 0.6) is 0 Å². The topological polar surface area (TPSA) is 134 Å². The molecule has 0 aromatic carbocycles. The van der Waals surface area contributed by atoms with E-state index in [9.17, 15) is 24.0 Å². The van der Waals surface area contributed by atoms with Crippen molar-refractivity contribution in [1.29, 1.82) is 0 Å². The molecular weight excluding hydrogens is 500 g/mol. The number of amides is 4. The predicted molar refractivity (Wildman–Crippen MR) is 146 cm³/mol. The van der Waals surface area contributed by atoms with E-state index in [0.717, 1.165) is 38.5 Å². The van der Waals surface area contributed by atoms with E-state index in [1.165, 1.54) is 6.08 Å². The number of ketones is 1. The molecule has 10 nitrogen and oxygen atoms in total. The molecule has 2 saturated carbocycles. The van der Waals surface area contributed by atoms with Gasteiger partial charge < -0.3 is 25.6 Å². The van der Waals surface area contributed by atoms with Crippen LogP contribution in [0.25, 0.3) is 0 Å². The molecule has 39 heavy (non-hydrogen) atoms. The van der Waals surface area contributed by atoms with Gasteiger partial charge in [0.2, 0.25) is 17.6 Å². The fourth-order valence-corrected chi connectivity index (χ4v) is 5.71. The number of fused-ring (bicyclic) bond motifs is 1. The van der Waals surface area contributed by atoms with Crippen LogP contribution < -0.4 is 16.0 Å². The summed E-state index contributed by atoms with van der Waals surface area (Å²) in [7, 11) is 0. The number of hydrogen-bond acceptors (Lipinski definition) is 6. The van der Waals surface area contributed by atoms with Crippen molar-refractivity contribution < 1.29 is 28.7 Å². The molecule has 2 aliphatic carbocycles. The first-order valence-corrected chi connectivity index (χ1v) is 14.1. The molecule has 1 aliphatic heterocycles. The largest absolute Gasteiger partial charge is 0.444 e. The number of carbonyl (C=O) groups excluding carboxylic acids is 5. The summed E-state index contributed by atoms with van der Waals surface area (Å²) in [6.07, 6.45) is 8.54. The zero-order valence-corrected chi connectivity index (χ0v) is 23.5. The minimum absolute atomic E-state index is 0.00719. The molecule has 0 bridgehead atoms. The van der Waals surface area contributed by atoms with Gasteiger partial charge in [-0.25, -0.2) is 4.79 Å². The zero-order chi connectivity index (χ0) is 28.7. The second-order valence-corrected chi connectivity index (χ2v) is 11.9. The van der Waals surface area contributed by atoms with E-state index in [1.54, 1.807) is 31.7 Å². The van der Waals surface area contributed by atoms with Crippen molar-refractivity contribution in [1.82, 2.24) is 20.9 Å². The molecule has 0 unspecified atom stereocenters. The van der Waals surface area contributed by atoms with E-state index >= 15 is 0 Å². The van der Waals surface area contributed by atoms with Crippen LogP contribution in [0.2, 0.25) is 0 Å². The third-order valence-electron chi connectivity index (χ3n) is 7.68. The van der Waals surface area contributed by atoms with E-state index in [4.69, 9.17) is 4.74 Å². The van der Waals surface area contributed by atoms with Gasteiger partial charge in [0.05, 0.1) is 6.04 Å². The van der Waals surface area contributed by atoms with Crippen LogP contribution in [0.3, 0.4) is 0 Å². The Hall–Kier alpha value is -3.17. The lowest BCUT2D eigenvalue weighted by atomic mass is 9.83. The molecule has 0 spiro atoms. The van der Waals surface area contributed by atoms with Crippen molar-refractivity contribution in [3.8, 4) is 0 Å². The molecule has 3 N–H and O–H groups in total. The molecule has 3 aliphatic rings. The van der Waals surface area contributed by atoms with Crippen molar-refractivity contribution in [2.45, 2.75) is 95.9 Å². The SMILES string of the molecule is C=CCC[C@H](NC(=O)[C@@H]1[C@H]2C[C@H]2CN1C(=O)[C@@H](NC(=O)OC(C)(C)C)C1CCCCC1)C(=O)C(=O)NCC=C. The summed E-state index contributed by atoms with van der Waals surface area (Å²) in [4.78, 5) is 67.0. The monoisotopic (exact) mass is 544 g/mol. The number of alkyl carbamates (subject to hydrolysis) is 1. The maximum atomic E-state index is 14.0. The number of hydrogen-bond donors (Lipinski definition) is 3. The fourth-order valence-electron chi connectivity index (χ4n) is 5.71. The summed E-state index contributed by atoms with van der Waals surface area (Å²) >= 11 is 0. The van der Waals surface area contributed by atoms with Crippen LogP contribution in [-0.4, -0.2) is 71.3 Å². The Balaban J connectivity index is 1.77. The van der Waals surface area contributed by atoms with E-state index < -0.39 is 47.4 Å². The second kappa shape index (κ2) is 13.3. The summed E-state index contributed by atoms with van der Waals surface area (Å²) in [5, 5.41) is 8.04. The quantitative estimate of drug-likeness (QED) is 0.255. The molecule has 10 heteroatoms. The number of allylic oxidation sites excluding steroid dienone is 1. The number of carbonyl (C=O) groups is 5. The van der Waals surface area contributed by atoms with Gasteiger partial charge in [-0.1, -0.05) is 31.4 Å². The standard InChI is InChI=1S/C29H44N4O6/c1-6-8-14-21(24(34)26(36)30-15-7-2)31-25(35)23-20-16-19(20)17-33(23)27(37)22(18-12-10-9-11-13-18)32-28(38)39-29(3,4)5/h6-7,18-23H,1-2,8-17H2,3-5H3,(H,30,36)(H,31,35)(H,32,38)/t19-,20-,21-,22-,23-/m0/s1. The molecule has 4 amide bonds. The first-order chi connectivity index (χ1) is 18.5. The van der Waals surface area contributed by atoms with Crippen molar-refractivity contribution in [2.24, 2.45) is 17.8 Å². The number of ether oxygens (including phenoxy) is 1. The van der Waals surface area contributed by atoms with Crippen molar-refractivity contribution in [3.63, 3.8) is 0 Å². The average Bonchev–Trinajstić information content (AvgIpc) is 3.55. The summed E-state index contributed by atoms with van der Waals surface area (Å²) < 4.78 is 5.45. The van der Waals surface area contributed by atoms with Crippen LogP contribution >= 0.6 is 0 Å². The highest BCUT2D eigenvalue weighted by atomic mass is 16.6. The van der Waals surface area contributed by atoms with Crippen LogP contribution in [0.4, 0.5) is 4.79 Å². The lowest BCUT2D eigenvalue weighted by Crippen LogP contribution is -2.59. The van der Waals surface area contributed by atoms with Crippen molar-refractivity contribution in [2.75, 3.05) is 13.1 Å². The third kappa shape index (κ3) is 8.16. The summed E-state index contributed by atoms with van der Waals surface area (Å²) in [5.41, 5.74) is -0.715. The Bertz CT molecular complexity index is 967. The van der Waals surface area contributed by atoms with E-state index in [-0.39, 0.29) is 36.6 Å². The molecular formula is C29H44N4O6. The molecule has 0 radical (unpaired) electrons. The highest BCUT2D eigenvalue weighted by Gasteiger charge is 2.58. The van der Waals surface area contributed by atoms with Crippen LogP contribution in [0.15, 0.2) is 25.3 Å². The minimum Gasteiger partial charge on any atom is -0.444 e. The van der Waals surface area contributed by atoms with Crippen LogP contribution in [-0.2, 0) is 23.9 Å². The summed E-state index contributed by atoms with van der Waals surface area (Å²) in [5.74, 6) is -2.14. The number of piperidine rings is 1. The first-order valence-electron chi connectivity index (χ1n) is 14.1. The maximum absolute atomic E-state index is 14.0. The summed E-state index contributed by atoms with van der Waals surface area (Å²) in [6.45, 7) is 13.0. The van der Waals surface area contributed by atoms with Crippen molar-refractivity contribution >= 4 is 29.6 Å². The number of likely N-dealkylation sites (tertiary alicyclic amines) is 1. The van der Waals surface area contributed by atoms with Crippen LogP contribution in [0, 0.1) is 17.8 Å². The van der Waals surface area contributed by atoms with Crippen molar-refractivity contribution in [3.05, 3.63) is 25.3 Å². The minimum atomic E-state index is -1.04. The number of Topliss-reactive ketones (excluding diaryl/α,β-unsaturated/α-hetero) is 1. The second-order valence-electron chi connectivity index (χ2n) is 11.9. The summed E-state index contributed by atoms with van der Waals surface area (Å²) in [6, 6.07) is -2.59. The molecule has 3 fully saturated rings. The fraction of sp³-hybridized carbons (Fsp3) is 0.690. The van der Waals surface area contributed by atoms with Gasteiger partial charge in [0, 0.05) is 13.1 Å². The lowest BCUT2D eigenvalue weighted by Gasteiger charge is -2.36. The Kier molecular flexibility index (Phi) is 10.3. The Labute approximate surface area is 231 Å². The molecule has 216 valence electrons. The highest BCUT2D eigenvalue weighted by molar-refractivity contribution is 6.38. The molecule has 0 aromatic heterocycles. The van der Waals surface area contributed by atoms with E-state index in [1.807, 2.05) is 0 Å². The highest BCUT2D eigenvalue weighted by Crippen LogP contribution is 2.50. The van der Waals surface area contributed by atoms with E-state index in [2.05, 4.69) is 29.1 Å². The molecule has 1 saturated heterocycles. The Morgan fingerprint density at radius 3 is 2.33 bits per heavy atom. The molecule has 1 heterocycles. The first kappa shape index (κ1) is 30.4. The number of nitrogens with zero attached hydrogens (tertiary/aromatic N) is 1. The number of nitrogens with one attached hydrogen (secondary N) is 3. The van der Waals surface area contributed by atoms with Gasteiger partial charge in [-0.3, -0.25) is 19.2 Å². The van der Waals surface area contributed by atoms with Gasteiger partial charge in [0.1, 0.15) is 17.7 Å².